The fraction of sp³-hybridized carbons (Fsp3) is 0.515. The fourth-order valence-electron chi connectivity index (χ4n) is 6.32. The molecule has 0 bridgehead atoms. The van der Waals surface area contributed by atoms with Gasteiger partial charge in [0.1, 0.15) is 12.1 Å². The highest BCUT2D eigenvalue weighted by atomic mass is 16.5. The van der Waals surface area contributed by atoms with E-state index in [4.69, 9.17) is 10.4 Å². The van der Waals surface area contributed by atoms with Crippen LogP contribution < -0.4 is 21.6 Å². The molecule has 0 aromatic heterocycles. The van der Waals surface area contributed by atoms with Gasteiger partial charge in [0, 0.05) is 0 Å². The van der Waals surface area contributed by atoms with E-state index in [-0.39, 0.29) is 11.8 Å². The third-order valence-electron chi connectivity index (χ3n) is 9.07. The molecule has 45 heavy (non-hydrogen) atoms. The summed E-state index contributed by atoms with van der Waals surface area (Å²) in [5.74, 6) is -2.22. The predicted molar refractivity (Wildman–Crippen MR) is 165 cm³/mol. The SMILES string of the molecule is Cc1ccc(C2(C(=O)NC(C(=O)NO)C(C)O)CCCC2)cc1.Cc1ccc(C2(C(=O)NC(CO)C(=O)NO)CCCC2)cc1. The van der Waals surface area contributed by atoms with E-state index < -0.39 is 47.4 Å². The van der Waals surface area contributed by atoms with E-state index in [0.29, 0.717) is 25.7 Å². The van der Waals surface area contributed by atoms with E-state index >= 15 is 0 Å². The Hall–Kier alpha value is -3.84. The van der Waals surface area contributed by atoms with Crippen LogP contribution in [0.2, 0.25) is 0 Å². The summed E-state index contributed by atoms with van der Waals surface area (Å²) in [6, 6.07) is 13.3. The molecule has 246 valence electrons. The first-order chi connectivity index (χ1) is 21.4. The molecule has 3 atom stereocenters. The van der Waals surface area contributed by atoms with Crippen LogP contribution >= 0.6 is 0 Å². The number of hydrogen-bond donors (Lipinski definition) is 8. The number of carbonyl (C=O) groups is 4. The monoisotopic (exact) mass is 626 g/mol. The molecule has 0 aliphatic heterocycles. The standard InChI is InChI=1S/C17H24N2O4.C16H22N2O4/c1-11-5-7-13(8-6-11)17(9-3-4-10-17)16(22)18-14(12(2)20)15(21)19-23;1-11-4-6-12(7-5-11)16(8-2-3-9-16)15(21)17-13(10-19)14(20)18-22/h5-8,12,14,20,23H,3-4,9-10H2,1-2H3,(H,18,22)(H,19,21);4-7,13,19,22H,2-3,8-10H2,1H3,(H,17,21)(H,18,20). The molecule has 4 rings (SSSR count). The van der Waals surface area contributed by atoms with E-state index in [1.807, 2.05) is 62.4 Å². The van der Waals surface area contributed by atoms with Gasteiger partial charge in [-0.25, -0.2) is 11.0 Å². The summed E-state index contributed by atoms with van der Waals surface area (Å²) >= 11 is 0. The van der Waals surface area contributed by atoms with Crippen LogP contribution in [0.4, 0.5) is 0 Å². The molecule has 2 aliphatic rings. The second kappa shape index (κ2) is 15.9. The van der Waals surface area contributed by atoms with Gasteiger partial charge >= 0.3 is 0 Å². The lowest BCUT2D eigenvalue weighted by molar-refractivity contribution is -0.139. The highest BCUT2D eigenvalue weighted by Crippen LogP contribution is 2.42. The number of hydrogen-bond acceptors (Lipinski definition) is 8. The van der Waals surface area contributed by atoms with E-state index in [0.717, 1.165) is 47.9 Å². The number of amides is 4. The first-order valence-corrected chi connectivity index (χ1v) is 15.4. The molecule has 12 nitrogen and oxygen atoms in total. The Bertz CT molecular complexity index is 1300. The van der Waals surface area contributed by atoms with Crippen LogP contribution in [0.15, 0.2) is 48.5 Å². The van der Waals surface area contributed by atoms with Gasteiger partial charge in [-0.15, -0.1) is 0 Å². The van der Waals surface area contributed by atoms with Gasteiger partial charge in [-0.2, -0.15) is 0 Å². The number of rotatable bonds is 10. The molecule has 4 amide bonds. The van der Waals surface area contributed by atoms with Gasteiger partial charge < -0.3 is 20.8 Å². The summed E-state index contributed by atoms with van der Waals surface area (Å²) in [6.45, 7) is 4.80. The minimum absolute atomic E-state index is 0.281. The van der Waals surface area contributed by atoms with Gasteiger partial charge in [0.05, 0.1) is 23.5 Å². The van der Waals surface area contributed by atoms with Gasteiger partial charge in [-0.3, -0.25) is 29.6 Å². The Labute approximate surface area is 263 Å². The number of aliphatic hydroxyl groups excluding tert-OH is 2. The van der Waals surface area contributed by atoms with E-state index in [2.05, 4.69) is 10.6 Å². The van der Waals surface area contributed by atoms with Gasteiger partial charge in [-0.05, 0) is 57.6 Å². The molecular formula is C33H46N4O8. The normalized spacial score (nSPS) is 18.4. The topological polar surface area (TPSA) is 197 Å². The van der Waals surface area contributed by atoms with Gasteiger partial charge in [0.25, 0.3) is 11.8 Å². The number of nitrogens with one attached hydrogen (secondary N) is 4. The van der Waals surface area contributed by atoms with Crippen LogP contribution in [0, 0.1) is 13.8 Å². The zero-order chi connectivity index (χ0) is 33.2. The number of aryl methyl sites for hydroxylation is 2. The fourth-order valence-corrected chi connectivity index (χ4v) is 6.32. The zero-order valence-electron chi connectivity index (χ0n) is 26.1. The van der Waals surface area contributed by atoms with Crippen molar-refractivity contribution in [2.75, 3.05) is 6.61 Å². The third kappa shape index (κ3) is 8.26. The lowest BCUT2D eigenvalue weighted by Crippen LogP contribution is -2.56. The quantitative estimate of drug-likeness (QED) is 0.145. The predicted octanol–water partition coefficient (Wildman–Crippen LogP) is 1.97. The molecule has 0 saturated heterocycles. The largest absolute Gasteiger partial charge is 0.394 e. The number of benzene rings is 2. The van der Waals surface area contributed by atoms with Crippen molar-refractivity contribution in [3.05, 3.63) is 70.8 Å². The summed E-state index contributed by atoms with van der Waals surface area (Å²) in [4.78, 5) is 48.8. The summed E-state index contributed by atoms with van der Waals surface area (Å²) < 4.78 is 0. The molecule has 0 radical (unpaired) electrons. The first kappa shape index (κ1) is 35.6. The molecule has 8 N–H and O–H groups in total. The van der Waals surface area contributed by atoms with Gasteiger partial charge in [0.2, 0.25) is 11.8 Å². The Morgan fingerprint density at radius 1 is 0.689 bits per heavy atom. The second-order valence-electron chi connectivity index (χ2n) is 12.2. The van der Waals surface area contributed by atoms with Crippen LogP contribution in [-0.2, 0) is 30.0 Å². The molecular weight excluding hydrogens is 580 g/mol. The van der Waals surface area contributed by atoms with Crippen molar-refractivity contribution in [1.82, 2.24) is 21.6 Å². The van der Waals surface area contributed by atoms with E-state index in [1.165, 1.54) is 17.9 Å². The Balaban J connectivity index is 0.000000246. The molecule has 2 aliphatic carbocycles. The smallest absolute Gasteiger partial charge is 0.268 e. The van der Waals surface area contributed by atoms with Crippen LogP contribution in [0.5, 0.6) is 0 Å². The summed E-state index contributed by atoms with van der Waals surface area (Å²) in [5, 5.41) is 41.5. The lowest BCUT2D eigenvalue weighted by atomic mass is 9.77. The Morgan fingerprint density at radius 3 is 1.40 bits per heavy atom. The van der Waals surface area contributed by atoms with E-state index in [1.54, 1.807) is 0 Å². The van der Waals surface area contributed by atoms with Crippen molar-refractivity contribution >= 4 is 23.6 Å². The van der Waals surface area contributed by atoms with Crippen molar-refractivity contribution in [3.63, 3.8) is 0 Å². The maximum atomic E-state index is 12.9. The second-order valence-corrected chi connectivity index (χ2v) is 12.2. The summed E-state index contributed by atoms with van der Waals surface area (Å²) in [6.07, 6.45) is 5.47. The van der Waals surface area contributed by atoms with Crippen molar-refractivity contribution < 1.29 is 39.8 Å². The summed E-state index contributed by atoms with van der Waals surface area (Å²) in [5.41, 5.74) is 5.67. The third-order valence-corrected chi connectivity index (χ3v) is 9.07. The highest BCUT2D eigenvalue weighted by Gasteiger charge is 2.45. The molecule has 2 aromatic carbocycles. The van der Waals surface area contributed by atoms with Gasteiger partial charge in [-0.1, -0.05) is 85.3 Å². The average Bonchev–Trinajstić information content (AvgIpc) is 3.75. The van der Waals surface area contributed by atoms with Crippen molar-refractivity contribution in [2.45, 2.75) is 101 Å². The molecule has 3 unspecified atom stereocenters. The van der Waals surface area contributed by atoms with Crippen LogP contribution in [0.25, 0.3) is 0 Å². The minimum atomic E-state index is -1.18. The number of aliphatic hydroxyl groups is 2. The van der Waals surface area contributed by atoms with Crippen LogP contribution in [0.1, 0.15) is 80.5 Å². The van der Waals surface area contributed by atoms with Crippen molar-refractivity contribution in [1.29, 1.82) is 0 Å². The highest BCUT2D eigenvalue weighted by molar-refractivity contribution is 5.94. The average molecular weight is 627 g/mol. The molecule has 2 aromatic rings. The Kier molecular flexibility index (Phi) is 12.6. The number of hydroxylamine groups is 2. The zero-order valence-corrected chi connectivity index (χ0v) is 26.1. The lowest BCUT2D eigenvalue weighted by Gasteiger charge is -2.31. The van der Waals surface area contributed by atoms with Crippen molar-refractivity contribution in [3.8, 4) is 0 Å². The van der Waals surface area contributed by atoms with E-state index in [9.17, 15) is 29.4 Å². The molecule has 12 heteroatoms. The molecule has 0 spiro atoms. The minimum Gasteiger partial charge on any atom is -0.394 e. The van der Waals surface area contributed by atoms with Crippen LogP contribution in [0.3, 0.4) is 0 Å². The first-order valence-electron chi connectivity index (χ1n) is 15.4. The number of carbonyl (C=O) groups excluding carboxylic acids is 4. The molecule has 2 fully saturated rings. The Morgan fingerprint density at radius 2 is 1.07 bits per heavy atom. The van der Waals surface area contributed by atoms with Crippen molar-refractivity contribution in [2.24, 2.45) is 0 Å². The van der Waals surface area contributed by atoms with Crippen LogP contribution in [-0.4, -0.2) is 69.1 Å². The maximum absolute atomic E-state index is 12.9. The summed E-state index contributed by atoms with van der Waals surface area (Å²) in [7, 11) is 0. The molecule has 0 heterocycles. The maximum Gasteiger partial charge on any atom is 0.268 e. The molecule has 2 saturated carbocycles. The van der Waals surface area contributed by atoms with Gasteiger partial charge in [0.15, 0.2) is 0 Å².